The molecule has 28 heavy (non-hydrogen) atoms. The average molecular weight is 425 g/mol. The van der Waals surface area contributed by atoms with Gasteiger partial charge in [0.25, 0.3) is 5.69 Å². The van der Waals surface area contributed by atoms with Gasteiger partial charge in [-0.25, -0.2) is 12.7 Å². The van der Waals surface area contributed by atoms with E-state index in [0.29, 0.717) is 10.6 Å². The van der Waals surface area contributed by atoms with Crippen molar-refractivity contribution in [3.05, 3.63) is 52.6 Å². The number of carbonyl (C=O) groups is 1. The van der Waals surface area contributed by atoms with E-state index in [9.17, 15) is 23.3 Å². The molecule has 0 aliphatic rings. The predicted octanol–water partition coefficient (Wildman–Crippen LogP) is 2.58. The van der Waals surface area contributed by atoms with Gasteiger partial charge in [0, 0.05) is 31.1 Å². The molecule has 0 saturated carbocycles. The van der Waals surface area contributed by atoms with Crippen LogP contribution in [-0.4, -0.2) is 50.5 Å². The maximum Gasteiger partial charge on any atom is 0.269 e. The number of carbonyl (C=O) groups excluding carboxylic acids is 1. The molecule has 0 aliphatic carbocycles. The molecule has 0 unspecified atom stereocenters. The van der Waals surface area contributed by atoms with Crippen molar-refractivity contribution in [2.45, 2.75) is 9.79 Å². The Labute approximate surface area is 166 Å². The lowest BCUT2D eigenvalue weighted by Gasteiger charge is -2.15. The third-order valence-electron chi connectivity index (χ3n) is 3.64. The van der Waals surface area contributed by atoms with E-state index in [1.165, 1.54) is 63.3 Å². The van der Waals surface area contributed by atoms with E-state index >= 15 is 0 Å². The fourth-order valence-corrected chi connectivity index (χ4v) is 3.78. The predicted molar refractivity (Wildman–Crippen MR) is 106 cm³/mol. The van der Waals surface area contributed by atoms with Crippen LogP contribution in [0.5, 0.6) is 5.75 Å². The van der Waals surface area contributed by atoms with Gasteiger partial charge in [-0.2, -0.15) is 0 Å². The molecule has 1 amide bonds. The number of hydrogen-bond acceptors (Lipinski definition) is 7. The van der Waals surface area contributed by atoms with Crippen LogP contribution in [0.2, 0.25) is 0 Å². The zero-order valence-electron chi connectivity index (χ0n) is 15.4. The molecule has 0 aromatic heterocycles. The van der Waals surface area contributed by atoms with Crippen molar-refractivity contribution in [1.29, 1.82) is 0 Å². The third-order valence-corrected chi connectivity index (χ3v) is 6.46. The molecule has 2 aromatic rings. The number of sulfonamides is 1. The number of ether oxygens (including phenoxy) is 1. The Morgan fingerprint density at radius 3 is 2.39 bits per heavy atom. The Morgan fingerprint density at radius 2 is 1.86 bits per heavy atom. The van der Waals surface area contributed by atoms with E-state index in [4.69, 9.17) is 4.74 Å². The van der Waals surface area contributed by atoms with Crippen molar-refractivity contribution in [3.8, 4) is 5.75 Å². The standard InChI is InChI=1S/C17H19N3O6S2/c1-19(2)28(24,25)14-8-9-16(26-3)15(10-14)18-17(21)11-27-13-6-4-12(5-7-13)20(22)23/h4-10H,11H2,1-3H3,(H,18,21). The molecule has 0 fully saturated rings. The van der Waals surface area contributed by atoms with Crippen LogP contribution in [0.4, 0.5) is 11.4 Å². The minimum absolute atomic E-state index is 0.0246. The highest BCUT2D eigenvalue weighted by Crippen LogP contribution is 2.29. The van der Waals surface area contributed by atoms with Crippen LogP contribution >= 0.6 is 11.8 Å². The van der Waals surface area contributed by atoms with Gasteiger partial charge >= 0.3 is 0 Å². The van der Waals surface area contributed by atoms with E-state index in [2.05, 4.69) is 5.32 Å². The summed E-state index contributed by atoms with van der Waals surface area (Å²) in [5.74, 6) is -0.0153. The molecule has 0 atom stereocenters. The number of non-ortho nitro benzene ring substituents is 1. The summed E-state index contributed by atoms with van der Waals surface area (Å²) in [4.78, 5) is 23.1. The minimum atomic E-state index is -3.66. The minimum Gasteiger partial charge on any atom is -0.495 e. The Hall–Kier alpha value is -2.63. The lowest BCUT2D eigenvalue weighted by molar-refractivity contribution is -0.384. The summed E-state index contributed by atoms with van der Waals surface area (Å²) in [5, 5.41) is 13.3. The summed E-state index contributed by atoms with van der Waals surface area (Å²) < 4.78 is 30.8. The van der Waals surface area contributed by atoms with E-state index in [1.54, 1.807) is 12.1 Å². The number of methoxy groups -OCH3 is 1. The molecule has 0 heterocycles. The number of thioether (sulfide) groups is 1. The molecule has 2 aromatic carbocycles. The Balaban J connectivity index is 2.11. The van der Waals surface area contributed by atoms with Crippen molar-refractivity contribution in [1.82, 2.24) is 4.31 Å². The van der Waals surface area contributed by atoms with E-state index < -0.39 is 14.9 Å². The SMILES string of the molecule is COc1ccc(S(=O)(=O)N(C)C)cc1NC(=O)CSc1ccc([N+](=O)[O-])cc1. The smallest absolute Gasteiger partial charge is 0.269 e. The quantitative estimate of drug-likeness (QED) is 0.392. The second-order valence-corrected chi connectivity index (χ2v) is 8.94. The van der Waals surface area contributed by atoms with E-state index in [1.807, 2.05) is 0 Å². The number of hydrogen-bond donors (Lipinski definition) is 1. The van der Waals surface area contributed by atoms with Crippen LogP contribution in [0.3, 0.4) is 0 Å². The molecule has 11 heteroatoms. The summed E-state index contributed by atoms with van der Waals surface area (Å²) in [6.07, 6.45) is 0. The third kappa shape index (κ3) is 5.21. The first-order chi connectivity index (χ1) is 13.1. The molecule has 150 valence electrons. The second-order valence-electron chi connectivity index (χ2n) is 5.74. The number of nitrogens with one attached hydrogen (secondary N) is 1. The fraction of sp³-hybridized carbons (Fsp3) is 0.235. The monoisotopic (exact) mass is 425 g/mol. The van der Waals surface area contributed by atoms with Gasteiger partial charge in [0.1, 0.15) is 5.75 Å². The number of amides is 1. The highest BCUT2D eigenvalue weighted by Gasteiger charge is 2.20. The fourth-order valence-electron chi connectivity index (χ4n) is 2.16. The highest BCUT2D eigenvalue weighted by atomic mass is 32.2. The molecule has 9 nitrogen and oxygen atoms in total. The van der Waals surface area contributed by atoms with Crippen molar-refractivity contribution < 1.29 is 22.9 Å². The lowest BCUT2D eigenvalue weighted by atomic mass is 10.3. The van der Waals surface area contributed by atoms with Crippen LogP contribution in [0.1, 0.15) is 0 Å². The Bertz CT molecular complexity index is 975. The van der Waals surface area contributed by atoms with Gasteiger partial charge in [-0.15, -0.1) is 11.8 Å². The van der Waals surface area contributed by atoms with Crippen molar-refractivity contribution in [2.24, 2.45) is 0 Å². The van der Waals surface area contributed by atoms with Gasteiger partial charge in [-0.05, 0) is 30.3 Å². The zero-order valence-corrected chi connectivity index (χ0v) is 17.0. The molecule has 0 saturated heterocycles. The molecule has 0 spiro atoms. The maximum absolute atomic E-state index is 12.3. The Morgan fingerprint density at radius 1 is 1.21 bits per heavy atom. The van der Waals surface area contributed by atoms with Crippen LogP contribution in [0.15, 0.2) is 52.3 Å². The number of rotatable bonds is 8. The van der Waals surface area contributed by atoms with Crippen LogP contribution in [-0.2, 0) is 14.8 Å². The molecular weight excluding hydrogens is 406 g/mol. The molecule has 0 aliphatic heterocycles. The molecule has 0 bridgehead atoms. The van der Waals surface area contributed by atoms with Crippen LogP contribution < -0.4 is 10.1 Å². The van der Waals surface area contributed by atoms with Gasteiger partial charge in [0.05, 0.1) is 28.4 Å². The maximum atomic E-state index is 12.3. The first-order valence-corrected chi connectivity index (χ1v) is 10.4. The first-order valence-electron chi connectivity index (χ1n) is 7.93. The largest absolute Gasteiger partial charge is 0.495 e. The number of anilines is 1. The Kier molecular flexibility index (Phi) is 7.00. The number of nitrogens with zero attached hydrogens (tertiary/aromatic N) is 2. The zero-order chi connectivity index (χ0) is 20.9. The van der Waals surface area contributed by atoms with Gasteiger partial charge in [0.15, 0.2) is 0 Å². The highest BCUT2D eigenvalue weighted by molar-refractivity contribution is 8.00. The molecule has 1 N–H and O–H groups in total. The van der Waals surface area contributed by atoms with Crippen molar-refractivity contribution >= 4 is 39.1 Å². The van der Waals surface area contributed by atoms with E-state index in [-0.39, 0.29) is 27.9 Å². The first kappa shape index (κ1) is 21.7. The van der Waals surface area contributed by atoms with Crippen molar-refractivity contribution in [3.63, 3.8) is 0 Å². The van der Waals surface area contributed by atoms with Crippen LogP contribution in [0.25, 0.3) is 0 Å². The summed E-state index contributed by atoms with van der Waals surface area (Å²) in [6.45, 7) is 0. The van der Waals surface area contributed by atoms with Crippen LogP contribution in [0, 0.1) is 10.1 Å². The van der Waals surface area contributed by atoms with Crippen molar-refractivity contribution in [2.75, 3.05) is 32.3 Å². The average Bonchev–Trinajstić information content (AvgIpc) is 2.66. The summed E-state index contributed by atoms with van der Waals surface area (Å²) in [7, 11) is 0.584. The molecular formula is C17H19N3O6S2. The lowest BCUT2D eigenvalue weighted by Crippen LogP contribution is -2.22. The van der Waals surface area contributed by atoms with Gasteiger partial charge in [-0.3, -0.25) is 14.9 Å². The summed E-state index contributed by atoms with van der Waals surface area (Å²) >= 11 is 1.19. The summed E-state index contributed by atoms with van der Waals surface area (Å²) in [6, 6.07) is 10.0. The summed E-state index contributed by atoms with van der Waals surface area (Å²) in [5.41, 5.74) is 0.206. The molecule has 2 rings (SSSR count). The topological polar surface area (TPSA) is 119 Å². The normalized spacial score (nSPS) is 11.3. The molecule has 0 radical (unpaired) electrons. The van der Waals surface area contributed by atoms with Gasteiger partial charge in [0.2, 0.25) is 15.9 Å². The number of nitro groups is 1. The number of benzene rings is 2. The number of nitro benzene ring substituents is 1. The second kappa shape index (κ2) is 9.04. The van der Waals surface area contributed by atoms with E-state index in [0.717, 1.165) is 4.31 Å². The van der Waals surface area contributed by atoms with Gasteiger partial charge in [-0.1, -0.05) is 0 Å². The van der Waals surface area contributed by atoms with Gasteiger partial charge < -0.3 is 10.1 Å².